The Morgan fingerprint density at radius 2 is 1.88 bits per heavy atom. The maximum Gasteiger partial charge on any atom is 0.414 e. The quantitative estimate of drug-likeness (QED) is 0.698. The Morgan fingerprint density at radius 3 is 2.52 bits per heavy atom. The molecule has 2 aromatic rings. The standard InChI is InChI=1S/C25H28FN3O4/c1-15(30)27-10-19-12-29(25(31)33-19)17-5-8-20(23(26)9-17)24-21-13-28(14-22(21)24)11-16-3-6-18(32-2)7-4-16/h3-9,19,21-22,24H,10-14H2,1-2H3,(H,27,30)/t19-,21-,22+,24?/m0/s1. The number of benzene rings is 2. The molecule has 3 aliphatic rings. The first-order chi connectivity index (χ1) is 15.9. The lowest BCUT2D eigenvalue weighted by atomic mass is 10.0. The molecule has 0 aromatic heterocycles. The number of anilines is 1. The zero-order valence-electron chi connectivity index (χ0n) is 18.8. The molecule has 8 heteroatoms. The second-order valence-corrected chi connectivity index (χ2v) is 9.15. The number of halogens is 1. The van der Waals surface area contributed by atoms with Gasteiger partial charge in [-0.2, -0.15) is 0 Å². The number of rotatable bonds is 7. The zero-order valence-corrected chi connectivity index (χ0v) is 18.8. The van der Waals surface area contributed by atoms with Crippen LogP contribution in [0.1, 0.15) is 24.0 Å². The molecule has 2 aromatic carbocycles. The highest BCUT2D eigenvalue weighted by atomic mass is 19.1. The number of likely N-dealkylation sites (tertiary alicyclic amines) is 1. The van der Waals surface area contributed by atoms with Crippen LogP contribution in [0.3, 0.4) is 0 Å². The summed E-state index contributed by atoms with van der Waals surface area (Å²) in [5.41, 5.74) is 2.47. The lowest BCUT2D eigenvalue weighted by molar-refractivity contribution is -0.119. The molecule has 5 rings (SSSR count). The molecule has 4 atom stereocenters. The molecule has 174 valence electrons. The Kier molecular flexibility index (Phi) is 5.70. The van der Waals surface area contributed by atoms with Gasteiger partial charge < -0.3 is 14.8 Å². The second-order valence-electron chi connectivity index (χ2n) is 9.15. The average Bonchev–Trinajstić information content (AvgIpc) is 3.10. The monoisotopic (exact) mass is 453 g/mol. The number of carbonyl (C=O) groups excluding carboxylic acids is 2. The van der Waals surface area contributed by atoms with Crippen LogP contribution < -0.4 is 15.0 Å². The second kappa shape index (κ2) is 8.67. The van der Waals surface area contributed by atoms with Gasteiger partial charge in [-0.25, -0.2) is 9.18 Å². The van der Waals surface area contributed by atoms with E-state index in [4.69, 9.17) is 9.47 Å². The Labute approximate surface area is 192 Å². The Balaban J connectivity index is 1.18. The SMILES string of the molecule is COc1ccc(CN2C[C@@H]3C(c4ccc(N5C[C@H](CNC(C)=O)OC5=O)cc4F)[C@@H]3C2)cc1. The maximum absolute atomic E-state index is 15.0. The van der Waals surface area contributed by atoms with Crippen molar-refractivity contribution in [3.05, 3.63) is 59.4 Å². The number of carbonyl (C=O) groups is 2. The van der Waals surface area contributed by atoms with Gasteiger partial charge in [0.05, 0.1) is 25.9 Å². The fourth-order valence-electron chi connectivity index (χ4n) is 5.24. The highest BCUT2D eigenvalue weighted by Crippen LogP contribution is 2.59. The van der Waals surface area contributed by atoms with E-state index in [1.165, 1.54) is 23.5 Å². The number of hydrogen-bond donors (Lipinski definition) is 1. The van der Waals surface area contributed by atoms with Crippen LogP contribution in [0.5, 0.6) is 5.75 Å². The van der Waals surface area contributed by atoms with Crippen molar-refractivity contribution in [3.63, 3.8) is 0 Å². The minimum Gasteiger partial charge on any atom is -0.497 e. The van der Waals surface area contributed by atoms with Crippen molar-refractivity contribution in [2.75, 3.05) is 38.2 Å². The van der Waals surface area contributed by atoms with E-state index in [1.807, 2.05) is 18.2 Å². The Morgan fingerprint density at radius 1 is 1.15 bits per heavy atom. The fourth-order valence-corrected chi connectivity index (χ4v) is 5.24. The fraction of sp³-hybridized carbons (Fsp3) is 0.440. The third-order valence-corrected chi connectivity index (χ3v) is 6.94. The first-order valence-corrected chi connectivity index (χ1v) is 11.3. The van der Waals surface area contributed by atoms with Crippen LogP contribution in [0.4, 0.5) is 14.9 Å². The van der Waals surface area contributed by atoms with Crippen molar-refractivity contribution in [3.8, 4) is 5.75 Å². The highest BCUT2D eigenvalue weighted by Gasteiger charge is 2.56. The van der Waals surface area contributed by atoms with Gasteiger partial charge >= 0.3 is 6.09 Å². The predicted molar refractivity (Wildman–Crippen MR) is 121 cm³/mol. The molecule has 2 saturated heterocycles. The maximum atomic E-state index is 15.0. The molecule has 7 nitrogen and oxygen atoms in total. The number of ether oxygens (including phenoxy) is 2. The van der Waals surface area contributed by atoms with Gasteiger partial charge in [-0.15, -0.1) is 0 Å². The van der Waals surface area contributed by atoms with Gasteiger partial charge in [0.1, 0.15) is 17.7 Å². The highest BCUT2D eigenvalue weighted by molar-refractivity contribution is 5.89. The first-order valence-electron chi connectivity index (χ1n) is 11.3. The van der Waals surface area contributed by atoms with Crippen molar-refractivity contribution in [2.24, 2.45) is 11.8 Å². The summed E-state index contributed by atoms with van der Waals surface area (Å²) < 4.78 is 25.5. The van der Waals surface area contributed by atoms with Crippen molar-refractivity contribution >= 4 is 17.7 Å². The number of amides is 2. The molecule has 1 N–H and O–H groups in total. The summed E-state index contributed by atoms with van der Waals surface area (Å²) >= 11 is 0. The van der Waals surface area contributed by atoms with Gasteiger partial charge in [0.25, 0.3) is 0 Å². The first kappa shape index (κ1) is 21.7. The van der Waals surface area contributed by atoms with E-state index in [0.717, 1.165) is 30.9 Å². The number of nitrogens with zero attached hydrogens (tertiary/aromatic N) is 2. The summed E-state index contributed by atoms with van der Waals surface area (Å²) in [6.45, 7) is 4.76. The van der Waals surface area contributed by atoms with Crippen LogP contribution in [-0.4, -0.2) is 56.3 Å². The summed E-state index contributed by atoms with van der Waals surface area (Å²) in [6, 6.07) is 13.2. The third-order valence-electron chi connectivity index (χ3n) is 6.94. The summed E-state index contributed by atoms with van der Waals surface area (Å²) in [5.74, 6) is 1.59. The van der Waals surface area contributed by atoms with Crippen molar-refractivity contribution in [1.29, 1.82) is 0 Å². The van der Waals surface area contributed by atoms with E-state index in [2.05, 4.69) is 22.3 Å². The molecule has 0 spiro atoms. The number of fused-ring (bicyclic) bond motifs is 1. The molecule has 1 aliphatic carbocycles. The van der Waals surface area contributed by atoms with Gasteiger partial charge in [-0.3, -0.25) is 14.6 Å². The van der Waals surface area contributed by atoms with Gasteiger partial charge in [-0.1, -0.05) is 18.2 Å². The lowest BCUT2D eigenvalue weighted by Gasteiger charge is -2.20. The Bertz CT molecular complexity index is 1050. The van der Waals surface area contributed by atoms with E-state index in [9.17, 15) is 9.59 Å². The molecule has 0 radical (unpaired) electrons. The lowest BCUT2D eigenvalue weighted by Crippen LogP contribution is -2.33. The van der Waals surface area contributed by atoms with Crippen LogP contribution in [0.25, 0.3) is 0 Å². The van der Waals surface area contributed by atoms with E-state index in [0.29, 0.717) is 17.5 Å². The van der Waals surface area contributed by atoms with Crippen LogP contribution in [0, 0.1) is 17.7 Å². The molecule has 2 amide bonds. The smallest absolute Gasteiger partial charge is 0.414 e. The minimum absolute atomic E-state index is 0.183. The number of piperidine rings is 1. The number of cyclic esters (lactones) is 1. The van der Waals surface area contributed by atoms with Crippen LogP contribution in [0.15, 0.2) is 42.5 Å². The van der Waals surface area contributed by atoms with Gasteiger partial charge in [0, 0.05) is 26.6 Å². The molecule has 2 aliphatic heterocycles. The molecule has 1 unspecified atom stereocenters. The van der Waals surface area contributed by atoms with Crippen molar-refractivity contribution < 1.29 is 23.5 Å². The van der Waals surface area contributed by atoms with Crippen LogP contribution in [-0.2, 0) is 16.1 Å². The van der Waals surface area contributed by atoms with Gasteiger partial charge in [-0.05, 0) is 53.1 Å². The predicted octanol–water partition coefficient (Wildman–Crippen LogP) is 3.14. The summed E-state index contributed by atoms with van der Waals surface area (Å²) in [4.78, 5) is 27.1. The number of methoxy groups -OCH3 is 1. The molecule has 0 bridgehead atoms. The summed E-state index contributed by atoms with van der Waals surface area (Å²) in [7, 11) is 1.66. The van der Waals surface area contributed by atoms with E-state index < -0.39 is 12.2 Å². The molecular formula is C25H28FN3O4. The van der Waals surface area contributed by atoms with E-state index >= 15 is 4.39 Å². The average molecular weight is 454 g/mol. The van der Waals surface area contributed by atoms with Crippen molar-refractivity contribution in [2.45, 2.75) is 25.5 Å². The zero-order chi connectivity index (χ0) is 23.1. The molecule has 2 heterocycles. The third kappa shape index (κ3) is 4.39. The van der Waals surface area contributed by atoms with E-state index in [-0.39, 0.29) is 30.7 Å². The minimum atomic E-state index is -0.519. The normalized spacial score (nSPS) is 26.2. The molecule has 3 fully saturated rings. The number of hydrogen-bond acceptors (Lipinski definition) is 5. The van der Waals surface area contributed by atoms with Crippen LogP contribution >= 0.6 is 0 Å². The summed E-state index contributed by atoms with van der Waals surface area (Å²) in [5, 5.41) is 2.64. The topological polar surface area (TPSA) is 71.1 Å². The molecule has 1 saturated carbocycles. The van der Waals surface area contributed by atoms with Crippen LogP contribution in [0.2, 0.25) is 0 Å². The molecule has 33 heavy (non-hydrogen) atoms. The van der Waals surface area contributed by atoms with Crippen molar-refractivity contribution in [1.82, 2.24) is 10.2 Å². The molecular weight excluding hydrogens is 425 g/mol. The number of nitrogens with one attached hydrogen (secondary N) is 1. The Hall–Kier alpha value is -3.13. The van der Waals surface area contributed by atoms with E-state index in [1.54, 1.807) is 13.2 Å². The van der Waals surface area contributed by atoms with Gasteiger partial charge in [0.15, 0.2) is 0 Å². The largest absolute Gasteiger partial charge is 0.497 e. The summed E-state index contributed by atoms with van der Waals surface area (Å²) in [6.07, 6.45) is -0.960. The van der Waals surface area contributed by atoms with Gasteiger partial charge in [0.2, 0.25) is 5.91 Å².